The van der Waals surface area contributed by atoms with Crippen molar-refractivity contribution < 1.29 is 21.6 Å². The van der Waals surface area contributed by atoms with Gasteiger partial charge in [0.25, 0.3) is 0 Å². The van der Waals surface area contributed by atoms with Gasteiger partial charge in [-0.1, -0.05) is 6.08 Å². The van der Waals surface area contributed by atoms with E-state index in [0.29, 0.717) is 12.8 Å². The van der Waals surface area contributed by atoms with Crippen LogP contribution in [0.2, 0.25) is 0 Å². The van der Waals surface area contributed by atoms with Crippen LogP contribution in [0, 0.1) is 0 Å². The van der Waals surface area contributed by atoms with Crippen molar-refractivity contribution in [2.75, 3.05) is 5.75 Å². The summed E-state index contributed by atoms with van der Waals surface area (Å²) in [5.74, 6) is -0.829. The third-order valence-electron chi connectivity index (χ3n) is 1.42. The Bertz CT molecular complexity index is 253. The molecule has 0 atom stereocenters. The highest BCUT2D eigenvalue weighted by atomic mass is 32.2. The summed E-state index contributed by atoms with van der Waals surface area (Å²) in [5, 5.41) is 0. The van der Waals surface area contributed by atoms with Gasteiger partial charge in [-0.25, -0.2) is 8.42 Å². The normalized spacial score (nSPS) is 12.8. The van der Waals surface area contributed by atoms with Crippen LogP contribution in [0.25, 0.3) is 0 Å². The smallest absolute Gasteiger partial charge is 0.220 e. The lowest BCUT2D eigenvalue weighted by molar-refractivity contribution is -0.0435. The Morgan fingerprint density at radius 3 is 2.15 bits per heavy atom. The Morgan fingerprint density at radius 1 is 1.23 bits per heavy atom. The second-order valence-electron chi connectivity index (χ2n) is 2.55. The molecule has 0 spiro atoms. The van der Waals surface area contributed by atoms with Gasteiger partial charge in [0.2, 0.25) is 9.84 Å². The number of hydrogen-bond donors (Lipinski definition) is 0. The van der Waals surface area contributed by atoms with E-state index in [1.807, 2.05) is 0 Å². The summed E-state index contributed by atoms with van der Waals surface area (Å²) >= 11 is 0. The van der Waals surface area contributed by atoms with Crippen molar-refractivity contribution in [2.24, 2.45) is 0 Å². The van der Waals surface area contributed by atoms with Crippen LogP contribution in [0.4, 0.5) is 13.2 Å². The van der Waals surface area contributed by atoms with Crippen LogP contribution in [-0.2, 0) is 9.84 Å². The van der Waals surface area contributed by atoms with Gasteiger partial charge >= 0.3 is 5.51 Å². The second kappa shape index (κ2) is 4.64. The summed E-state index contributed by atoms with van der Waals surface area (Å²) in [6.45, 7) is 3.37. The molecule has 13 heavy (non-hydrogen) atoms. The van der Waals surface area contributed by atoms with Gasteiger partial charge in [0.1, 0.15) is 0 Å². The lowest BCUT2D eigenvalue weighted by Crippen LogP contribution is -2.25. The molecule has 0 radical (unpaired) electrons. The fourth-order valence-electron chi connectivity index (χ4n) is 0.696. The fourth-order valence-corrected chi connectivity index (χ4v) is 1.51. The minimum atomic E-state index is -5.11. The monoisotopic (exact) mass is 216 g/mol. The molecule has 0 aliphatic heterocycles. The minimum absolute atomic E-state index is 0.0217. The molecule has 0 N–H and O–H groups in total. The Kier molecular flexibility index (Phi) is 4.46. The zero-order valence-electron chi connectivity index (χ0n) is 6.97. The van der Waals surface area contributed by atoms with Gasteiger partial charge in [0.15, 0.2) is 0 Å². The fraction of sp³-hybridized carbons (Fsp3) is 0.714. The third-order valence-corrected chi connectivity index (χ3v) is 2.96. The van der Waals surface area contributed by atoms with Crippen molar-refractivity contribution >= 4 is 9.84 Å². The Balaban J connectivity index is 3.99. The Morgan fingerprint density at radius 2 is 1.77 bits per heavy atom. The van der Waals surface area contributed by atoms with Gasteiger partial charge in [0.05, 0.1) is 5.75 Å². The van der Waals surface area contributed by atoms with Gasteiger partial charge in [0, 0.05) is 0 Å². The first-order valence-electron chi connectivity index (χ1n) is 3.71. The maximum Gasteiger partial charge on any atom is 0.497 e. The van der Waals surface area contributed by atoms with Gasteiger partial charge in [-0.05, 0) is 19.3 Å². The summed E-state index contributed by atoms with van der Waals surface area (Å²) in [7, 11) is -4.91. The van der Waals surface area contributed by atoms with Crippen LogP contribution in [0.1, 0.15) is 19.3 Å². The maximum atomic E-state index is 11.7. The highest BCUT2D eigenvalue weighted by Gasteiger charge is 2.44. The topological polar surface area (TPSA) is 34.1 Å². The lowest BCUT2D eigenvalue weighted by Gasteiger charge is -2.06. The molecular weight excluding hydrogens is 205 g/mol. The molecule has 0 unspecified atom stereocenters. The lowest BCUT2D eigenvalue weighted by atomic mass is 10.2. The first kappa shape index (κ1) is 12.5. The van der Waals surface area contributed by atoms with Crippen LogP contribution < -0.4 is 0 Å². The zero-order valence-corrected chi connectivity index (χ0v) is 7.79. The molecule has 0 aliphatic carbocycles. The summed E-state index contributed by atoms with van der Waals surface area (Å²) < 4.78 is 56.1. The van der Waals surface area contributed by atoms with E-state index in [4.69, 9.17) is 0 Å². The van der Waals surface area contributed by atoms with Crippen LogP contribution in [0.5, 0.6) is 0 Å². The molecule has 2 nitrogen and oxygen atoms in total. The van der Waals surface area contributed by atoms with Crippen LogP contribution >= 0.6 is 0 Å². The van der Waals surface area contributed by atoms with Crippen LogP contribution in [0.15, 0.2) is 12.7 Å². The zero-order chi connectivity index (χ0) is 10.5. The molecule has 0 aromatic rings. The van der Waals surface area contributed by atoms with Crippen molar-refractivity contribution in [3.8, 4) is 0 Å². The predicted octanol–water partition coefficient (Wildman–Crippen LogP) is 2.28. The molecule has 78 valence electrons. The van der Waals surface area contributed by atoms with Crippen molar-refractivity contribution in [1.82, 2.24) is 0 Å². The molecule has 0 aromatic heterocycles. The van der Waals surface area contributed by atoms with E-state index < -0.39 is 21.1 Å². The molecule has 0 rings (SSSR count). The number of alkyl halides is 3. The number of allylic oxidation sites excluding steroid dienone is 1. The molecule has 0 aliphatic rings. The molecule has 0 amide bonds. The molecule has 0 fully saturated rings. The number of hydrogen-bond acceptors (Lipinski definition) is 2. The molecule has 0 aromatic carbocycles. The first-order chi connectivity index (χ1) is 5.81. The van der Waals surface area contributed by atoms with E-state index in [0.717, 1.165) is 0 Å². The van der Waals surface area contributed by atoms with Crippen LogP contribution in [-0.4, -0.2) is 19.7 Å². The minimum Gasteiger partial charge on any atom is -0.220 e. The highest BCUT2D eigenvalue weighted by Crippen LogP contribution is 2.24. The average molecular weight is 216 g/mol. The number of rotatable bonds is 5. The van der Waals surface area contributed by atoms with Crippen molar-refractivity contribution in [3.63, 3.8) is 0 Å². The summed E-state index contributed by atoms with van der Waals surface area (Å²) in [6.07, 6.45) is 2.51. The Labute approximate surface area is 75.4 Å². The number of halogens is 3. The quantitative estimate of drug-likeness (QED) is 0.522. The average Bonchev–Trinajstić information content (AvgIpc) is 1.96. The number of sulfone groups is 1. The third kappa shape index (κ3) is 4.31. The molecule has 0 bridgehead atoms. The van der Waals surface area contributed by atoms with E-state index in [1.54, 1.807) is 6.08 Å². The number of unbranched alkanes of at least 4 members (excludes halogenated alkanes) is 2. The van der Waals surface area contributed by atoms with Crippen molar-refractivity contribution in [2.45, 2.75) is 24.8 Å². The largest absolute Gasteiger partial charge is 0.497 e. The van der Waals surface area contributed by atoms with Crippen molar-refractivity contribution in [1.29, 1.82) is 0 Å². The molecule has 6 heteroatoms. The molecule has 0 heterocycles. The standard InChI is InChI=1S/C7H11F3O2S/c1-2-3-4-5-6-13(11,12)7(8,9)10/h2H,1,3-6H2. The molecule has 0 saturated heterocycles. The van der Waals surface area contributed by atoms with Gasteiger partial charge < -0.3 is 0 Å². The first-order valence-corrected chi connectivity index (χ1v) is 5.36. The van der Waals surface area contributed by atoms with Crippen molar-refractivity contribution in [3.05, 3.63) is 12.7 Å². The molecule has 0 saturated carbocycles. The van der Waals surface area contributed by atoms with E-state index >= 15 is 0 Å². The molecular formula is C7H11F3O2S. The van der Waals surface area contributed by atoms with E-state index in [9.17, 15) is 21.6 Å². The highest BCUT2D eigenvalue weighted by molar-refractivity contribution is 7.92. The van der Waals surface area contributed by atoms with Crippen LogP contribution in [0.3, 0.4) is 0 Å². The predicted molar refractivity (Wildman–Crippen MR) is 43.9 cm³/mol. The van der Waals surface area contributed by atoms with Gasteiger partial charge in [-0.15, -0.1) is 6.58 Å². The summed E-state index contributed by atoms with van der Waals surface area (Å²) in [6, 6.07) is 0. The summed E-state index contributed by atoms with van der Waals surface area (Å²) in [4.78, 5) is 0. The van der Waals surface area contributed by atoms with E-state index in [1.165, 1.54) is 0 Å². The maximum absolute atomic E-state index is 11.7. The van der Waals surface area contributed by atoms with E-state index in [-0.39, 0.29) is 6.42 Å². The summed E-state index contributed by atoms with van der Waals surface area (Å²) in [5.41, 5.74) is -5.11. The van der Waals surface area contributed by atoms with Gasteiger partial charge in [-0.2, -0.15) is 13.2 Å². The second-order valence-corrected chi connectivity index (χ2v) is 4.65. The van der Waals surface area contributed by atoms with Gasteiger partial charge in [-0.3, -0.25) is 0 Å². The Hall–Kier alpha value is -0.520. The SMILES string of the molecule is C=CCCCCS(=O)(=O)C(F)(F)F. The van der Waals surface area contributed by atoms with E-state index in [2.05, 4.69) is 6.58 Å².